The second kappa shape index (κ2) is 6.00. The fraction of sp³-hybridized carbons (Fsp3) is 0.500. The summed E-state index contributed by atoms with van der Waals surface area (Å²) in [7, 11) is 0. The summed E-state index contributed by atoms with van der Waals surface area (Å²) in [6, 6.07) is 1.60. The van der Waals surface area contributed by atoms with E-state index in [-0.39, 0.29) is 0 Å². The predicted molar refractivity (Wildman–Crippen MR) is 61.6 cm³/mol. The van der Waals surface area contributed by atoms with Gasteiger partial charge in [-0.1, -0.05) is 19.9 Å². The van der Waals surface area contributed by atoms with Crippen molar-refractivity contribution in [3.05, 3.63) is 23.8 Å². The van der Waals surface area contributed by atoms with Gasteiger partial charge in [0.2, 0.25) is 0 Å². The van der Waals surface area contributed by atoms with E-state index in [1.54, 1.807) is 13.8 Å². The second-order valence-electron chi connectivity index (χ2n) is 4.53. The van der Waals surface area contributed by atoms with Crippen LogP contribution >= 0.6 is 0 Å². The number of nitrogens with two attached hydrogens (primary N) is 1. The van der Waals surface area contributed by atoms with Crippen molar-refractivity contribution in [1.29, 1.82) is 0 Å². The fourth-order valence-corrected chi connectivity index (χ4v) is 1.61. The number of halogens is 6. The van der Waals surface area contributed by atoms with Crippen LogP contribution in [-0.2, 0) is 0 Å². The van der Waals surface area contributed by atoms with Crippen molar-refractivity contribution in [3.8, 4) is 11.5 Å². The van der Waals surface area contributed by atoms with Crippen molar-refractivity contribution in [3.63, 3.8) is 0 Å². The van der Waals surface area contributed by atoms with E-state index < -0.39 is 41.7 Å². The molecule has 0 aromatic heterocycles. The second-order valence-corrected chi connectivity index (χ2v) is 4.53. The van der Waals surface area contributed by atoms with Gasteiger partial charge in [0.25, 0.3) is 0 Å². The quantitative estimate of drug-likeness (QED) is 0.849. The van der Waals surface area contributed by atoms with Gasteiger partial charge in [0.1, 0.15) is 11.5 Å². The molecule has 0 radical (unpaired) electrons. The van der Waals surface area contributed by atoms with Gasteiger partial charge in [0.05, 0.1) is 5.56 Å². The van der Waals surface area contributed by atoms with Crippen LogP contribution < -0.4 is 15.2 Å². The van der Waals surface area contributed by atoms with Crippen LogP contribution in [0.1, 0.15) is 25.5 Å². The van der Waals surface area contributed by atoms with Crippen LogP contribution in [0.5, 0.6) is 11.5 Å². The van der Waals surface area contributed by atoms with Crippen molar-refractivity contribution >= 4 is 0 Å². The van der Waals surface area contributed by atoms with E-state index in [1.165, 1.54) is 0 Å². The van der Waals surface area contributed by atoms with Crippen LogP contribution in [0.2, 0.25) is 0 Å². The lowest BCUT2D eigenvalue weighted by atomic mass is 9.95. The molecule has 1 aromatic rings. The Labute approximate surface area is 116 Å². The van der Waals surface area contributed by atoms with E-state index in [1.807, 2.05) is 0 Å². The summed E-state index contributed by atoms with van der Waals surface area (Å²) < 4.78 is 81.4. The first-order valence-electron chi connectivity index (χ1n) is 5.80. The van der Waals surface area contributed by atoms with Crippen LogP contribution in [0.15, 0.2) is 18.2 Å². The Morgan fingerprint density at radius 1 is 0.905 bits per heavy atom. The average molecular weight is 317 g/mol. The molecule has 0 spiro atoms. The van der Waals surface area contributed by atoms with Gasteiger partial charge in [0.15, 0.2) is 0 Å². The maximum absolute atomic E-state index is 12.3. The molecular formula is C12H13F6NO2. The normalized spacial score (nSPS) is 14.2. The van der Waals surface area contributed by atoms with E-state index in [0.717, 1.165) is 18.2 Å². The molecule has 3 nitrogen and oxygen atoms in total. The lowest BCUT2D eigenvalue weighted by Crippen LogP contribution is -2.25. The Bertz CT molecular complexity index is 449. The summed E-state index contributed by atoms with van der Waals surface area (Å²) in [4.78, 5) is 0. The summed E-state index contributed by atoms with van der Waals surface area (Å²) in [5, 5.41) is 0. The highest BCUT2D eigenvalue weighted by atomic mass is 19.4. The van der Waals surface area contributed by atoms with Gasteiger partial charge in [-0.3, -0.25) is 0 Å². The minimum absolute atomic E-state index is 0.432. The standard InChI is InChI=1S/C12H13F6NO2/c1-6(2)10(19)9-7(20-11(13,14)15)4-3-5-8(9)21-12(16,17)18/h3-6,10H,19H2,1-2H3. The Balaban J connectivity index is 3.34. The summed E-state index contributed by atoms with van der Waals surface area (Å²) in [6.45, 7) is 3.10. The summed E-state index contributed by atoms with van der Waals surface area (Å²) in [5.41, 5.74) is 5.20. The van der Waals surface area contributed by atoms with Crippen LogP contribution in [-0.4, -0.2) is 12.7 Å². The van der Waals surface area contributed by atoms with Gasteiger partial charge in [-0.2, -0.15) is 0 Å². The topological polar surface area (TPSA) is 44.5 Å². The fourth-order valence-electron chi connectivity index (χ4n) is 1.61. The maximum Gasteiger partial charge on any atom is 0.573 e. The average Bonchev–Trinajstić information content (AvgIpc) is 2.23. The zero-order chi connectivity index (χ0) is 16.4. The molecule has 0 fully saturated rings. The number of hydrogen-bond donors (Lipinski definition) is 1. The van der Waals surface area contributed by atoms with Crippen molar-refractivity contribution in [2.45, 2.75) is 32.6 Å². The first-order valence-corrected chi connectivity index (χ1v) is 5.80. The molecule has 2 N–H and O–H groups in total. The molecule has 1 aromatic carbocycles. The highest BCUT2D eigenvalue weighted by Crippen LogP contribution is 2.40. The molecular weight excluding hydrogens is 304 g/mol. The number of ether oxygens (including phenoxy) is 2. The van der Waals surface area contributed by atoms with Crippen LogP contribution in [0.3, 0.4) is 0 Å². The molecule has 120 valence electrons. The van der Waals surface area contributed by atoms with Crippen LogP contribution in [0.4, 0.5) is 26.3 Å². The van der Waals surface area contributed by atoms with Crippen molar-refractivity contribution < 1.29 is 35.8 Å². The summed E-state index contributed by atoms with van der Waals surface area (Å²) >= 11 is 0. The minimum atomic E-state index is -5.05. The molecule has 0 saturated carbocycles. The van der Waals surface area contributed by atoms with Gasteiger partial charge in [-0.05, 0) is 18.1 Å². The minimum Gasteiger partial charge on any atom is -0.405 e. The lowest BCUT2D eigenvalue weighted by Gasteiger charge is -2.23. The molecule has 1 unspecified atom stereocenters. The van der Waals surface area contributed by atoms with Crippen LogP contribution in [0, 0.1) is 5.92 Å². The first kappa shape index (κ1) is 17.4. The van der Waals surface area contributed by atoms with Crippen molar-refractivity contribution in [2.24, 2.45) is 11.7 Å². The third-order valence-corrected chi connectivity index (χ3v) is 2.53. The van der Waals surface area contributed by atoms with E-state index in [2.05, 4.69) is 9.47 Å². The third-order valence-electron chi connectivity index (χ3n) is 2.53. The highest BCUT2D eigenvalue weighted by Gasteiger charge is 2.37. The molecule has 1 atom stereocenters. The van der Waals surface area contributed by atoms with E-state index in [0.29, 0.717) is 0 Å². The van der Waals surface area contributed by atoms with E-state index in [4.69, 9.17) is 5.73 Å². The lowest BCUT2D eigenvalue weighted by molar-refractivity contribution is -0.277. The Morgan fingerprint density at radius 3 is 1.57 bits per heavy atom. The number of hydrogen-bond acceptors (Lipinski definition) is 3. The molecule has 0 aliphatic carbocycles. The molecule has 0 saturated heterocycles. The molecule has 0 amide bonds. The maximum atomic E-state index is 12.3. The molecule has 0 aliphatic rings. The molecule has 0 aliphatic heterocycles. The monoisotopic (exact) mass is 317 g/mol. The smallest absolute Gasteiger partial charge is 0.405 e. The number of benzene rings is 1. The Morgan fingerprint density at radius 2 is 1.29 bits per heavy atom. The van der Waals surface area contributed by atoms with Gasteiger partial charge in [0, 0.05) is 6.04 Å². The highest BCUT2D eigenvalue weighted by molar-refractivity contribution is 5.47. The molecule has 1 rings (SSSR count). The zero-order valence-corrected chi connectivity index (χ0v) is 11.0. The Kier molecular flexibility index (Phi) is 4.98. The van der Waals surface area contributed by atoms with Gasteiger partial charge < -0.3 is 15.2 Å². The first-order chi connectivity index (χ1) is 9.41. The number of rotatable bonds is 4. The van der Waals surface area contributed by atoms with Crippen LogP contribution in [0.25, 0.3) is 0 Å². The van der Waals surface area contributed by atoms with Crippen molar-refractivity contribution in [2.75, 3.05) is 0 Å². The molecule has 21 heavy (non-hydrogen) atoms. The molecule has 9 heteroatoms. The van der Waals surface area contributed by atoms with Gasteiger partial charge >= 0.3 is 12.7 Å². The van der Waals surface area contributed by atoms with Gasteiger partial charge in [-0.25, -0.2) is 0 Å². The summed E-state index contributed by atoms with van der Waals surface area (Å²) in [5.74, 6) is -2.06. The van der Waals surface area contributed by atoms with E-state index >= 15 is 0 Å². The van der Waals surface area contributed by atoms with E-state index in [9.17, 15) is 26.3 Å². The molecule has 0 heterocycles. The number of alkyl halides is 6. The molecule has 0 bridgehead atoms. The van der Waals surface area contributed by atoms with Crippen molar-refractivity contribution in [1.82, 2.24) is 0 Å². The SMILES string of the molecule is CC(C)C(N)c1c(OC(F)(F)F)cccc1OC(F)(F)F. The predicted octanol–water partition coefficient (Wildman–Crippen LogP) is 4.14. The Hall–Kier alpha value is -1.64. The van der Waals surface area contributed by atoms with Gasteiger partial charge in [-0.15, -0.1) is 26.3 Å². The third kappa shape index (κ3) is 5.33. The zero-order valence-electron chi connectivity index (χ0n) is 11.0. The largest absolute Gasteiger partial charge is 0.573 e. The summed E-state index contributed by atoms with van der Waals surface area (Å²) in [6.07, 6.45) is -10.1.